The molecule has 2 nitrogen and oxygen atoms in total. The van der Waals surface area contributed by atoms with E-state index in [2.05, 4.69) is 27.3 Å². The van der Waals surface area contributed by atoms with Gasteiger partial charge in [-0.25, -0.2) is 0 Å². The standard InChI is InChI=1S/C10H13BrN2.2ClH/c11-8-2-1-7(10(12)5-8)6-13-9-3-4-9;;/h1-2,5,9,13H,3-4,6,12H2;2*1H. The van der Waals surface area contributed by atoms with Gasteiger partial charge in [0.1, 0.15) is 0 Å². The summed E-state index contributed by atoms with van der Waals surface area (Å²) in [5, 5.41) is 3.44. The Balaban J connectivity index is 0.000000980. The Morgan fingerprint density at radius 1 is 1.33 bits per heavy atom. The van der Waals surface area contributed by atoms with Crippen LogP contribution in [0.3, 0.4) is 0 Å². The molecular formula is C10H15BrCl2N2. The van der Waals surface area contributed by atoms with Gasteiger partial charge in [-0.05, 0) is 30.5 Å². The van der Waals surface area contributed by atoms with Crippen LogP contribution in [0.15, 0.2) is 22.7 Å². The van der Waals surface area contributed by atoms with E-state index in [1.165, 1.54) is 18.4 Å². The Kier molecular flexibility index (Phi) is 6.60. The number of hydrogen-bond acceptors (Lipinski definition) is 2. The van der Waals surface area contributed by atoms with Crippen LogP contribution in [0.4, 0.5) is 5.69 Å². The Labute approximate surface area is 111 Å². The fraction of sp³-hybridized carbons (Fsp3) is 0.400. The summed E-state index contributed by atoms with van der Waals surface area (Å²) in [4.78, 5) is 0. The lowest BCUT2D eigenvalue weighted by atomic mass is 10.2. The minimum atomic E-state index is 0. The third-order valence-corrected chi connectivity index (χ3v) is 2.76. The molecule has 15 heavy (non-hydrogen) atoms. The highest BCUT2D eigenvalue weighted by Crippen LogP contribution is 2.22. The quantitative estimate of drug-likeness (QED) is 0.841. The molecule has 0 atom stereocenters. The summed E-state index contributed by atoms with van der Waals surface area (Å²) in [6.07, 6.45) is 2.63. The highest BCUT2D eigenvalue weighted by molar-refractivity contribution is 9.10. The number of nitrogen functional groups attached to an aromatic ring is 1. The summed E-state index contributed by atoms with van der Waals surface area (Å²) < 4.78 is 1.04. The maximum Gasteiger partial charge on any atom is 0.0370 e. The summed E-state index contributed by atoms with van der Waals surface area (Å²) in [6.45, 7) is 0.893. The number of rotatable bonds is 3. The fourth-order valence-corrected chi connectivity index (χ4v) is 1.65. The monoisotopic (exact) mass is 312 g/mol. The zero-order valence-electron chi connectivity index (χ0n) is 8.20. The molecule has 0 saturated heterocycles. The Hall–Kier alpha value is 0.0400. The number of nitrogens with one attached hydrogen (secondary N) is 1. The van der Waals surface area contributed by atoms with Crippen molar-refractivity contribution in [3.05, 3.63) is 28.2 Å². The lowest BCUT2D eigenvalue weighted by molar-refractivity contribution is 0.689. The normalized spacial score (nSPS) is 13.9. The van der Waals surface area contributed by atoms with E-state index in [0.29, 0.717) is 0 Å². The second-order valence-corrected chi connectivity index (χ2v) is 4.41. The van der Waals surface area contributed by atoms with Crippen molar-refractivity contribution in [1.29, 1.82) is 0 Å². The van der Waals surface area contributed by atoms with Gasteiger partial charge < -0.3 is 11.1 Å². The third kappa shape index (κ3) is 4.60. The van der Waals surface area contributed by atoms with E-state index in [-0.39, 0.29) is 24.8 Å². The minimum absolute atomic E-state index is 0. The molecule has 1 aromatic rings. The van der Waals surface area contributed by atoms with E-state index in [1.54, 1.807) is 0 Å². The lowest BCUT2D eigenvalue weighted by Gasteiger charge is -2.06. The first-order chi connectivity index (χ1) is 6.25. The SMILES string of the molecule is Cl.Cl.Nc1cc(Br)ccc1CNC1CC1. The van der Waals surface area contributed by atoms with Crippen molar-refractivity contribution in [2.75, 3.05) is 5.73 Å². The molecule has 0 heterocycles. The van der Waals surface area contributed by atoms with E-state index in [0.717, 1.165) is 22.7 Å². The Bertz CT molecular complexity index is 316. The highest BCUT2D eigenvalue weighted by Gasteiger charge is 2.20. The maximum absolute atomic E-state index is 5.86. The van der Waals surface area contributed by atoms with E-state index < -0.39 is 0 Å². The average molecular weight is 314 g/mol. The van der Waals surface area contributed by atoms with Gasteiger partial charge in [-0.15, -0.1) is 24.8 Å². The summed E-state index contributed by atoms with van der Waals surface area (Å²) in [7, 11) is 0. The van der Waals surface area contributed by atoms with E-state index in [1.807, 2.05) is 12.1 Å². The van der Waals surface area contributed by atoms with Crippen LogP contribution in [0, 0.1) is 0 Å². The molecule has 5 heteroatoms. The lowest BCUT2D eigenvalue weighted by Crippen LogP contribution is -2.16. The predicted octanol–water partition coefficient (Wildman–Crippen LogP) is 3.13. The van der Waals surface area contributed by atoms with E-state index in [9.17, 15) is 0 Å². The molecule has 0 radical (unpaired) electrons. The van der Waals surface area contributed by atoms with Gasteiger partial charge in [0.15, 0.2) is 0 Å². The first-order valence-corrected chi connectivity index (χ1v) is 5.32. The first-order valence-electron chi connectivity index (χ1n) is 4.53. The van der Waals surface area contributed by atoms with Crippen LogP contribution in [0.2, 0.25) is 0 Å². The summed E-state index contributed by atoms with van der Waals surface area (Å²) >= 11 is 3.39. The van der Waals surface area contributed by atoms with Crippen molar-refractivity contribution in [1.82, 2.24) is 5.32 Å². The summed E-state index contributed by atoms with van der Waals surface area (Å²) in [6, 6.07) is 6.78. The van der Waals surface area contributed by atoms with Crippen molar-refractivity contribution in [3.63, 3.8) is 0 Å². The van der Waals surface area contributed by atoms with Gasteiger partial charge in [0, 0.05) is 22.7 Å². The molecule has 0 amide bonds. The molecule has 1 saturated carbocycles. The van der Waals surface area contributed by atoms with Crippen molar-refractivity contribution >= 4 is 46.4 Å². The predicted molar refractivity (Wildman–Crippen MR) is 72.9 cm³/mol. The van der Waals surface area contributed by atoms with Crippen molar-refractivity contribution in [2.24, 2.45) is 0 Å². The smallest absolute Gasteiger partial charge is 0.0370 e. The largest absolute Gasteiger partial charge is 0.398 e. The minimum Gasteiger partial charge on any atom is -0.398 e. The van der Waals surface area contributed by atoms with Gasteiger partial charge in [0.25, 0.3) is 0 Å². The number of hydrogen-bond donors (Lipinski definition) is 2. The number of halogens is 3. The van der Waals surface area contributed by atoms with E-state index >= 15 is 0 Å². The second-order valence-electron chi connectivity index (χ2n) is 3.50. The molecule has 1 fully saturated rings. The molecule has 1 aromatic carbocycles. The van der Waals surface area contributed by atoms with Gasteiger partial charge in [-0.1, -0.05) is 22.0 Å². The molecule has 1 aliphatic carbocycles. The average Bonchev–Trinajstić information content (AvgIpc) is 2.86. The first kappa shape index (κ1) is 15.0. The Morgan fingerprint density at radius 2 is 2.00 bits per heavy atom. The number of nitrogens with two attached hydrogens (primary N) is 1. The van der Waals surface area contributed by atoms with Crippen LogP contribution in [-0.4, -0.2) is 6.04 Å². The molecule has 0 bridgehead atoms. The number of anilines is 1. The van der Waals surface area contributed by atoms with Crippen molar-refractivity contribution < 1.29 is 0 Å². The maximum atomic E-state index is 5.86. The zero-order valence-corrected chi connectivity index (χ0v) is 11.4. The molecule has 0 aliphatic heterocycles. The summed E-state index contributed by atoms with van der Waals surface area (Å²) in [5.74, 6) is 0. The summed E-state index contributed by atoms with van der Waals surface area (Å²) in [5.41, 5.74) is 7.91. The van der Waals surface area contributed by atoms with Gasteiger partial charge in [0.2, 0.25) is 0 Å². The highest BCUT2D eigenvalue weighted by atomic mass is 79.9. The fourth-order valence-electron chi connectivity index (χ4n) is 1.27. The van der Waals surface area contributed by atoms with Crippen LogP contribution in [-0.2, 0) is 6.54 Å². The van der Waals surface area contributed by atoms with Crippen LogP contribution < -0.4 is 11.1 Å². The third-order valence-electron chi connectivity index (χ3n) is 2.27. The van der Waals surface area contributed by atoms with E-state index in [4.69, 9.17) is 5.73 Å². The van der Waals surface area contributed by atoms with Crippen molar-refractivity contribution in [2.45, 2.75) is 25.4 Å². The second kappa shape index (κ2) is 6.59. The van der Waals surface area contributed by atoms with Gasteiger partial charge in [-0.3, -0.25) is 0 Å². The van der Waals surface area contributed by atoms with Crippen LogP contribution in [0.1, 0.15) is 18.4 Å². The van der Waals surface area contributed by atoms with Gasteiger partial charge >= 0.3 is 0 Å². The van der Waals surface area contributed by atoms with Crippen LogP contribution in [0.5, 0.6) is 0 Å². The molecule has 2 rings (SSSR count). The molecule has 0 unspecified atom stereocenters. The van der Waals surface area contributed by atoms with Crippen LogP contribution >= 0.6 is 40.7 Å². The molecule has 0 spiro atoms. The number of benzene rings is 1. The molecule has 86 valence electrons. The molecule has 1 aliphatic rings. The van der Waals surface area contributed by atoms with Crippen molar-refractivity contribution in [3.8, 4) is 0 Å². The molecule has 0 aromatic heterocycles. The molecular weight excluding hydrogens is 299 g/mol. The zero-order chi connectivity index (χ0) is 9.26. The van der Waals surface area contributed by atoms with Crippen LogP contribution in [0.25, 0.3) is 0 Å². The van der Waals surface area contributed by atoms with Gasteiger partial charge in [0.05, 0.1) is 0 Å². The topological polar surface area (TPSA) is 38.0 Å². The Morgan fingerprint density at radius 3 is 2.53 bits per heavy atom. The molecule has 3 N–H and O–H groups in total. The van der Waals surface area contributed by atoms with Gasteiger partial charge in [-0.2, -0.15) is 0 Å².